The fourth-order valence-electron chi connectivity index (χ4n) is 1.91. The van der Waals surface area contributed by atoms with Crippen molar-refractivity contribution in [2.45, 2.75) is 0 Å². The van der Waals surface area contributed by atoms with E-state index >= 15 is 0 Å². The molecule has 0 atom stereocenters. The Morgan fingerprint density at radius 1 is 1.32 bits per heavy atom. The quantitative estimate of drug-likeness (QED) is 0.766. The van der Waals surface area contributed by atoms with Crippen LogP contribution in [0, 0.1) is 0 Å². The molecule has 0 unspecified atom stereocenters. The first-order chi connectivity index (χ1) is 9.34. The van der Waals surface area contributed by atoms with Gasteiger partial charge >= 0.3 is 0 Å². The van der Waals surface area contributed by atoms with Gasteiger partial charge in [-0.25, -0.2) is 4.68 Å². The van der Waals surface area contributed by atoms with E-state index < -0.39 is 0 Å². The van der Waals surface area contributed by atoms with Crippen molar-refractivity contribution in [3.05, 3.63) is 36.4 Å². The monoisotopic (exact) mass is 259 g/mol. The van der Waals surface area contributed by atoms with Crippen LogP contribution >= 0.6 is 0 Å². The Morgan fingerprint density at radius 3 is 2.89 bits per heavy atom. The third-order valence-corrected chi connectivity index (χ3v) is 2.92. The van der Waals surface area contributed by atoms with E-state index in [1.165, 1.54) is 0 Å². The summed E-state index contributed by atoms with van der Waals surface area (Å²) in [4.78, 5) is 17.9. The minimum Gasteiger partial charge on any atom is -0.378 e. The van der Waals surface area contributed by atoms with Crippen LogP contribution < -0.4 is 0 Å². The van der Waals surface area contributed by atoms with Gasteiger partial charge in [-0.15, -0.1) is 5.10 Å². The van der Waals surface area contributed by atoms with E-state index in [1.807, 2.05) is 6.07 Å². The maximum atomic E-state index is 12.2. The molecule has 7 nitrogen and oxygen atoms in total. The molecule has 3 heterocycles. The second-order valence-corrected chi connectivity index (χ2v) is 4.16. The van der Waals surface area contributed by atoms with Crippen LogP contribution in [0.15, 0.2) is 30.7 Å². The summed E-state index contributed by atoms with van der Waals surface area (Å²) in [7, 11) is 0. The van der Waals surface area contributed by atoms with Gasteiger partial charge in [0, 0.05) is 19.3 Å². The molecule has 0 saturated carbocycles. The average molecular weight is 259 g/mol. The predicted molar refractivity (Wildman–Crippen MR) is 65.9 cm³/mol. The summed E-state index contributed by atoms with van der Waals surface area (Å²) in [5, 5.41) is 7.87. The lowest BCUT2D eigenvalue weighted by molar-refractivity contribution is 0.0299. The molecule has 0 aliphatic carbocycles. The summed E-state index contributed by atoms with van der Waals surface area (Å²) in [6, 6.07) is 3.66. The van der Waals surface area contributed by atoms with Gasteiger partial charge in [-0.3, -0.25) is 9.78 Å². The van der Waals surface area contributed by atoms with Crippen molar-refractivity contribution in [1.82, 2.24) is 24.9 Å². The second-order valence-electron chi connectivity index (χ2n) is 4.16. The lowest BCUT2D eigenvalue weighted by Crippen LogP contribution is -2.40. The van der Waals surface area contributed by atoms with Crippen molar-refractivity contribution in [3.8, 4) is 5.69 Å². The Balaban J connectivity index is 1.79. The number of carbonyl (C=O) groups excluding carboxylic acids is 1. The highest BCUT2D eigenvalue weighted by Gasteiger charge is 2.21. The normalized spacial score (nSPS) is 15.5. The molecule has 0 bridgehead atoms. The number of pyridine rings is 1. The van der Waals surface area contributed by atoms with Crippen molar-refractivity contribution in [2.75, 3.05) is 26.3 Å². The van der Waals surface area contributed by atoms with Gasteiger partial charge in [-0.05, 0) is 12.1 Å². The number of hydrogen-bond donors (Lipinski definition) is 0. The third-order valence-electron chi connectivity index (χ3n) is 2.92. The van der Waals surface area contributed by atoms with Crippen LogP contribution in [0.25, 0.3) is 5.69 Å². The summed E-state index contributed by atoms with van der Waals surface area (Å²) in [6.45, 7) is 2.34. The first-order valence-corrected chi connectivity index (χ1v) is 6.04. The van der Waals surface area contributed by atoms with Gasteiger partial charge in [-0.1, -0.05) is 5.21 Å². The zero-order valence-electron chi connectivity index (χ0n) is 10.3. The highest BCUT2D eigenvalue weighted by atomic mass is 16.5. The SMILES string of the molecule is O=C(c1cn(-c2cccnc2)nn1)N1CCOCC1. The number of nitrogens with zero attached hydrogens (tertiary/aromatic N) is 5. The van der Waals surface area contributed by atoms with Gasteiger partial charge < -0.3 is 9.64 Å². The smallest absolute Gasteiger partial charge is 0.276 e. The van der Waals surface area contributed by atoms with Gasteiger partial charge in [-0.2, -0.15) is 0 Å². The molecule has 0 radical (unpaired) electrons. The van der Waals surface area contributed by atoms with Gasteiger partial charge in [0.05, 0.1) is 31.3 Å². The topological polar surface area (TPSA) is 73.1 Å². The molecule has 7 heteroatoms. The van der Waals surface area contributed by atoms with Crippen LogP contribution in [0.3, 0.4) is 0 Å². The van der Waals surface area contributed by atoms with Crippen LogP contribution in [0.1, 0.15) is 10.5 Å². The summed E-state index contributed by atoms with van der Waals surface area (Å²) in [5.41, 5.74) is 1.11. The van der Waals surface area contributed by atoms with E-state index in [9.17, 15) is 4.79 Å². The molecular formula is C12H13N5O2. The van der Waals surface area contributed by atoms with E-state index in [2.05, 4.69) is 15.3 Å². The van der Waals surface area contributed by atoms with Gasteiger partial charge in [0.2, 0.25) is 0 Å². The first kappa shape index (κ1) is 11.8. The number of ether oxygens (including phenoxy) is 1. The standard InChI is InChI=1S/C12H13N5O2/c18-12(16-4-6-19-7-5-16)11-9-17(15-14-11)10-2-1-3-13-8-10/h1-3,8-9H,4-7H2. The zero-order chi connectivity index (χ0) is 13.1. The Bertz CT molecular complexity index is 563. The van der Waals surface area contributed by atoms with Crippen LogP contribution in [0.5, 0.6) is 0 Å². The van der Waals surface area contributed by atoms with Gasteiger partial charge in [0.1, 0.15) is 0 Å². The van der Waals surface area contributed by atoms with Crippen molar-refractivity contribution >= 4 is 5.91 Å². The van der Waals surface area contributed by atoms with E-state index in [4.69, 9.17) is 4.74 Å². The average Bonchev–Trinajstić information content (AvgIpc) is 2.98. The van der Waals surface area contributed by atoms with Gasteiger partial charge in [0.15, 0.2) is 5.69 Å². The maximum Gasteiger partial charge on any atom is 0.276 e. The summed E-state index contributed by atoms with van der Waals surface area (Å²) >= 11 is 0. The molecular weight excluding hydrogens is 246 g/mol. The molecule has 1 aliphatic rings. The fourth-order valence-corrected chi connectivity index (χ4v) is 1.91. The predicted octanol–water partition coefficient (Wildman–Crippen LogP) is 0.135. The molecule has 0 spiro atoms. The largest absolute Gasteiger partial charge is 0.378 e. The highest BCUT2D eigenvalue weighted by Crippen LogP contribution is 2.07. The molecule has 98 valence electrons. The minimum absolute atomic E-state index is 0.113. The molecule has 1 fully saturated rings. The molecule has 19 heavy (non-hydrogen) atoms. The van der Waals surface area contributed by atoms with E-state index in [0.29, 0.717) is 32.0 Å². The van der Waals surface area contributed by atoms with Crippen LogP contribution in [0.4, 0.5) is 0 Å². The first-order valence-electron chi connectivity index (χ1n) is 6.04. The third kappa shape index (κ3) is 2.45. The summed E-state index contributed by atoms with van der Waals surface area (Å²) in [5.74, 6) is -0.113. The fraction of sp³-hybridized carbons (Fsp3) is 0.333. The van der Waals surface area contributed by atoms with Crippen LogP contribution in [-0.4, -0.2) is 57.1 Å². The number of aromatic nitrogens is 4. The van der Waals surface area contributed by atoms with E-state index in [1.54, 1.807) is 34.2 Å². The number of hydrogen-bond acceptors (Lipinski definition) is 5. The molecule has 3 rings (SSSR count). The van der Waals surface area contributed by atoms with Crippen molar-refractivity contribution < 1.29 is 9.53 Å². The Kier molecular flexibility index (Phi) is 3.20. The van der Waals surface area contributed by atoms with Crippen LogP contribution in [-0.2, 0) is 4.74 Å². The molecule has 1 saturated heterocycles. The molecule has 0 N–H and O–H groups in total. The Morgan fingerprint density at radius 2 is 2.16 bits per heavy atom. The van der Waals surface area contributed by atoms with Crippen molar-refractivity contribution in [3.63, 3.8) is 0 Å². The van der Waals surface area contributed by atoms with E-state index in [0.717, 1.165) is 5.69 Å². The number of rotatable bonds is 2. The maximum absolute atomic E-state index is 12.2. The number of carbonyl (C=O) groups is 1. The van der Waals surface area contributed by atoms with Crippen molar-refractivity contribution in [2.24, 2.45) is 0 Å². The minimum atomic E-state index is -0.113. The molecule has 1 amide bonds. The lowest BCUT2D eigenvalue weighted by Gasteiger charge is -2.25. The summed E-state index contributed by atoms with van der Waals surface area (Å²) < 4.78 is 6.76. The zero-order valence-corrected chi connectivity index (χ0v) is 10.3. The molecule has 2 aromatic rings. The Hall–Kier alpha value is -2.28. The molecule has 0 aromatic carbocycles. The lowest BCUT2D eigenvalue weighted by atomic mass is 10.3. The number of morpholine rings is 1. The summed E-state index contributed by atoms with van der Waals surface area (Å²) in [6.07, 6.45) is 4.96. The van der Waals surface area contributed by atoms with Gasteiger partial charge in [0.25, 0.3) is 5.91 Å². The molecule has 2 aromatic heterocycles. The van der Waals surface area contributed by atoms with E-state index in [-0.39, 0.29) is 5.91 Å². The second kappa shape index (κ2) is 5.15. The molecule has 1 aliphatic heterocycles. The van der Waals surface area contributed by atoms with Crippen LogP contribution in [0.2, 0.25) is 0 Å². The number of amides is 1. The highest BCUT2D eigenvalue weighted by molar-refractivity contribution is 5.92. The Labute approximate surface area is 109 Å². The van der Waals surface area contributed by atoms with Crippen molar-refractivity contribution in [1.29, 1.82) is 0 Å².